The van der Waals surface area contributed by atoms with Crippen LogP contribution in [0, 0.1) is 20.8 Å². The zero-order chi connectivity index (χ0) is 16.8. The fourth-order valence-electron chi connectivity index (χ4n) is 3.41. The van der Waals surface area contributed by atoms with Gasteiger partial charge in [-0.05, 0) is 62.6 Å². The number of nitrogens with zero attached hydrogens (tertiary/aromatic N) is 3. The Morgan fingerprint density at radius 3 is 2.54 bits per heavy atom. The largest absolute Gasteiger partial charge is 0.312 e. The van der Waals surface area contributed by atoms with Gasteiger partial charge in [-0.25, -0.2) is 4.98 Å². The molecule has 3 aromatic rings. The maximum absolute atomic E-state index is 12.1. The number of hydrogen-bond acceptors (Lipinski definition) is 3. The van der Waals surface area contributed by atoms with Crippen molar-refractivity contribution in [3.05, 3.63) is 41.1 Å². The van der Waals surface area contributed by atoms with Crippen molar-refractivity contribution in [3.8, 4) is 11.4 Å². The molecule has 1 saturated heterocycles. The third kappa shape index (κ3) is 2.37. The molecule has 0 radical (unpaired) electrons. The molecule has 0 unspecified atom stereocenters. The molecule has 2 aromatic heterocycles. The lowest BCUT2D eigenvalue weighted by Crippen LogP contribution is -2.24. The first-order chi connectivity index (χ1) is 11.5. The molecule has 0 bridgehead atoms. The van der Waals surface area contributed by atoms with Gasteiger partial charge in [0.05, 0.1) is 11.2 Å². The summed E-state index contributed by atoms with van der Waals surface area (Å²) in [5, 5.41) is 8.36. The lowest BCUT2D eigenvalue weighted by molar-refractivity contribution is -0.117. The van der Waals surface area contributed by atoms with E-state index in [2.05, 4.69) is 35.3 Å². The van der Waals surface area contributed by atoms with Crippen molar-refractivity contribution < 1.29 is 4.79 Å². The van der Waals surface area contributed by atoms with Crippen molar-refractivity contribution in [2.45, 2.75) is 33.6 Å². The summed E-state index contributed by atoms with van der Waals surface area (Å²) in [7, 11) is 0. The molecule has 5 heteroatoms. The van der Waals surface area contributed by atoms with Gasteiger partial charge in [0.15, 0.2) is 0 Å². The van der Waals surface area contributed by atoms with Gasteiger partial charge in [0, 0.05) is 29.7 Å². The Labute approximate surface area is 140 Å². The van der Waals surface area contributed by atoms with E-state index in [0.717, 1.165) is 57.8 Å². The van der Waals surface area contributed by atoms with Crippen LogP contribution in [0.15, 0.2) is 24.3 Å². The van der Waals surface area contributed by atoms with E-state index in [-0.39, 0.29) is 5.91 Å². The molecule has 122 valence electrons. The molecule has 4 rings (SSSR count). The van der Waals surface area contributed by atoms with E-state index in [4.69, 9.17) is 4.98 Å². The van der Waals surface area contributed by atoms with E-state index in [9.17, 15) is 4.79 Å². The first kappa shape index (κ1) is 14.9. The average molecular weight is 320 g/mol. The van der Waals surface area contributed by atoms with Crippen LogP contribution in [-0.2, 0) is 4.79 Å². The number of fused-ring (bicyclic) bond motifs is 1. The minimum Gasteiger partial charge on any atom is -0.312 e. The number of pyridine rings is 1. The Kier molecular flexibility index (Phi) is 3.37. The predicted octanol–water partition coefficient (Wildman–Crippen LogP) is 3.68. The number of benzene rings is 1. The number of carbonyl (C=O) groups is 1. The van der Waals surface area contributed by atoms with Crippen LogP contribution in [0.5, 0.6) is 0 Å². The number of aryl methyl sites for hydroxylation is 3. The highest BCUT2D eigenvalue weighted by atomic mass is 16.2. The van der Waals surface area contributed by atoms with Gasteiger partial charge in [-0.15, -0.1) is 0 Å². The van der Waals surface area contributed by atoms with Crippen molar-refractivity contribution in [1.29, 1.82) is 0 Å². The lowest BCUT2D eigenvalue weighted by atomic mass is 10.0. The van der Waals surface area contributed by atoms with E-state index >= 15 is 0 Å². The van der Waals surface area contributed by atoms with Crippen LogP contribution < -0.4 is 4.90 Å². The van der Waals surface area contributed by atoms with Crippen LogP contribution in [0.25, 0.3) is 22.3 Å². The fourth-order valence-corrected chi connectivity index (χ4v) is 3.41. The minimum absolute atomic E-state index is 0.215. The Balaban J connectivity index is 1.86. The molecule has 24 heavy (non-hydrogen) atoms. The molecule has 0 spiro atoms. The molecule has 3 heterocycles. The van der Waals surface area contributed by atoms with Gasteiger partial charge in [0.1, 0.15) is 5.69 Å². The second kappa shape index (κ2) is 5.44. The van der Waals surface area contributed by atoms with Crippen molar-refractivity contribution in [2.75, 3.05) is 11.4 Å². The molecular formula is C19H20N4O. The Morgan fingerprint density at radius 2 is 1.88 bits per heavy atom. The summed E-state index contributed by atoms with van der Waals surface area (Å²) < 4.78 is 0. The molecule has 1 aromatic carbocycles. The molecular weight excluding hydrogens is 300 g/mol. The van der Waals surface area contributed by atoms with Gasteiger partial charge in [0.25, 0.3) is 0 Å². The van der Waals surface area contributed by atoms with Crippen LogP contribution in [0.4, 0.5) is 5.69 Å². The summed E-state index contributed by atoms with van der Waals surface area (Å²) in [4.78, 5) is 18.8. The van der Waals surface area contributed by atoms with Crippen molar-refractivity contribution in [3.63, 3.8) is 0 Å². The average Bonchev–Trinajstić information content (AvgIpc) is 3.15. The normalized spacial score (nSPS) is 14.8. The number of amides is 1. The number of aromatic amines is 1. The number of H-pyrrole nitrogens is 1. The van der Waals surface area contributed by atoms with E-state index in [0.29, 0.717) is 6.42 Å². The molecule has 0 atom stereocenters. The topological polar surface area (TPSA) is 61.9 Å². The number of carbonyl (C=O) groups excluding carboxylic acids is 1. The summed E-state index contributed by atoms with van der Waals surface area (Å²) in [6, 6.07) is 8.24. The van der Waals surface area contributed by atoms with Gasteiger partial charge in [-0.2, -0.15) is 5.10 Å². The summed E-state index contributed by atoms with van der Waals surface area (Å²) in [6.45, 7) is 6.91. The SMILES string of the molecule is Cc1cc(-c2cc(C)c3cc(N4CCCC4=O)c(C)cc3n2)n[nH]1. The lowest BCUT2D eigenvalue weighted by Gasteiger charge is -2.19. The zero-order valence-electron chi connectivity index (χ0n) is 14.2. The third-order valence-corrected chi connectivity index (χ3v) is 4.67. The Bertz CT molecular complexity index is 957. The molecule has 1 amide bonds. The highest BCUT2D eigenvalue weighted by Gasteiger charge is 2.23. The van der Waals surface area contributed by atoms with Crippen LogP contribution in [-0.4, -0.2) is 27.6 Å². The molecule has 1 aliphatic heterocycles. The standard InChI is InChI=1S/C19H20N4O/c1-11-7-16(17-9-13(3)21-22-17)20-15-8-12(2)18(10-14(11)15)23-6-4-5-19(23)24/h7-10H,4-6H2,1-3H3,(H,21,22). The number of nitrogens with one attached hydrogen (secondary N) is 1. The molecule has 0 aliphatic carbocycles. The predicted molar refractivity (Wildman–Crippen MR) is 95.1 cm³/mol. The van der Waals surface area contributed by atoms with Gasteiger partial charge in [0.2, 0.25) is 5.91 Å². The van der Waals surface area contributed by atoms with Crippen LogP contribution in [0.2, 0.25) is 0 Å². The highest BCUT2D eigenvalue weighted by molar-refractivity contribution is 5.99. The summed E-state index contributed by atoms with van der Waals surface area (Å²) in [5.41, 5.74) is 6.92. The highest BCUT2D eigenvalue weighted by Crippen LogP contribution is 2.32. The third-order valence-electron chi connectivity index (χ3n) is 4.67. The van der Waals surface area contributed by atoms with Gasteiger partial charge < -0.3 is 4.90 Å². The van der Waals surface area contributed by atoms with E-state index in [1.54, 1.807) is 0 Å². The van der Waals surface area contributed by atoms with E-state index < -0.39 is 0 Å². The molecule has 1 N–H and O–H groups in total. The first-order valence-electron chi connectivity index (χ1n) is 8.27. The summed E-state index contributed by atoms with van der Waals surface area (Å²) >= 11 is 0. The second-order valence-corrected chi connectivity index (χ2v) is 6.57. The van der Waals surface area contributed by atoms with E-state index in [1.807, 2.05) is 24.8 Å². The Hall–Kier alpha value is -2.69. The van der Waals surface area contributed by atoms with Gasteiger partial charge in [-0.3, -0.25) is 9.89 Å². The van der Waals surface area contributed by atoms with Crippen molar-refractivity contribution in [2.24, 2.45) is 0 Å². The second-order valence-electron chi connectivity index (χ2n) is 6.57. The Morgan fingerprint density at radius 1 is 1.04 bits per heavy atom. The molecule has 5 nitrogen and oxygen atoms in total. The van der Waals surface area contributed by atoms with Gasteiger partial charge >= 0.3 is 0 Å². The minimum atomic E-state index is 0.215. The maximum atomic E-state index is 12.1. The summed E-state index contributed by atoms with van der Waals surface area (Å²) in [5.74, 6) is 0.215. The maximum Gasteiger partial charge on any atom is 0.227 e. The van der Waals surface area contributed by atoms with Gasteiger partial charge in [-0.1, -0.05) is 0 Å². The van der Waals surface area contributed by atoms with Crippen LogP contribution >= 0.6 is 0 Å². The first-order valence-corrected chi connectivity index (χ1v) is 8.27. The number of aromatic nitrogens is 3. The van der Waals surface area contributed by atoms with Crippen molar-refractivity contribution in [1.82, 2.24) is 15.2 Å². The zero-order valence-corrected chi connectivity index (χ0v) is 14.2. The monoisotopic (exact) mass is 320 g/mol. The number of rotatable bonds is 2. The van der Waals surface area contributed by atoms with Crippen molar-refractivity contribution >= 4 is 22.5 Å². The van der Waals surface area contributed by atoms with E-state index in [1.165, 1.54) is 0 Å². The number of anilines is 1. The molecule has 1 aliphatic rings. The summed E-state index contributed by atoms with van der Waals surface area (Å²) in [6.07, 6.45) is 1.58. The van der Waals surface area contributed by atoms with Crippen LogP contribution in [0.1, 0.15) is 29.7 Å². The molecule has 1 fully saturated rings. The number of hydrogen-bond donors (Lipinski definition) is 1. The fraction of sp³-hybridized carbons (Fsp3) is 0.316. The van der Waals surface area contributed by atoms with Crippen LogP contribution in [0.3, 0.4) is 0 Å². The smallest absolute Gasteiger partial charge is 0.227 e. The quantitative estimate of drug-likeness (QED) is 0.783. The molecule has 0 saturated carbocycles.